The summed E-state index contributed by atoms with van der Waals surface area (Å²) in [6.45, 7) is 3.47. The van der Waals surface area contributed by atoms with Crippen LogP contribution in [-0.4, -0.2) is 31.8 Å². The Bertz CT molecular complexity index is 1530. The number of halogens is 3. The van der Waals surface area contributed by atoms with E-state index in [4.69, 9.17) is 0 Å². The van der Waals surface area contributed by atoms with Crippen molar-refractivity contribution in [2.75, 3.05) is 10.6 Å². The predicted octanol–water partition coefficient (Wildman–Crippen LogP) is 4.52. The number of benzene rings is 2. The molecule has 0 fully saturated rings. The summed E-state index contributed by atoms with van der Waals surface area (Å²) in [4.78, 5) is 35.3. The Hall–Kier alpha value is -4.98. The van der Waals surface area contributed by atoms with E-state index in [0.717, 1.165) is 17.7 Å². The smallest absolute Gasteiger partial charge is 0.322 e. The van der Waals surface area contributed by atoms with Crippen LogP contribution in [0.2, 0.25) is 0 Å². The summed E-state index contributed by atoms with van der Waals surface area (Å²) in [7, 11) is 0. The first kappa shape index (κ1) is 25.1. The first-order chi connectivity index (χ1) is 17.6. The lowest BCUT2D eigenvalue weighted by Gasteiger charge is -2.14. The first-order valence-corrected chi connectivity index (χ1v) is 10.8. The number of nitrogens with one attached hydrogen (secondary N) is 2. The number of anilines is 2. The molecule has 0 aliphatic carbocycles. The van der Waals surface area contributed by atoms with E-state index in [0.29, 0.717) is 23.4 Å². The molecule has 0 aliphatic heterocycles. The van der Waals surface area contributed by atoms with E-state index >= 15 is 0 Å². The van der Waals surface area contributed by atoms with Crippen LogP contribution in [0.3, 0.4) is 0 Å². The van der Waals surface area contributed by atoms with E-state index in [1.54, 1.807) is 31.3 Å². The fourth-order valence-electron chi connectivity index (χ4n) is 3.40. The van der Waals surface area contributed by atoms with Gasteiger partial charge in [-0.1, -0.05) is 17.9 Å². The van der Waals surface area contributed by atoms with Crippen LogP contribution in [0.4, 0.5) is 24.8 Å². The summed E-state index contributed by atoms with van der Waals surface area (Å²) in [6.07, 6.45) is 1.74. The summed E-state index contributed by atoms with van der Waals surface area (Å²) in [5.74, 6) is 5.87. The molecule has 2 amide bonds. The highest BCUT2D eigenvalue weighted by Gasteiger charge is 2.31. The van der Waals surface area contributed by atoms with Gasteiger partial charge in [-0.3, -0.25) is 14.9 Å². The lowest BCUT2D eigenvalue weighted by Crippen LogP contribution is -2.14. The monoisotopic (exact) mass is 504 g/mol. The molecule has 0 saturated heterocycles. The van der Waals surface area contributed by atoms with Crippen LogP contribution < -0.4 is 10.6 Å². The van der Waals surface area contributed by atoms with Crippen LogP contribution in [0.1, 0.15) is 38.4 Å². The summed E-state index contributed by atoms with van der Waals surface area (Å²) < 4.78 is 42.2. The van der Waals surface area contributed by atoms with Crippen molar-refractivity contribution in [3.63, 3.8) is 0 Å². The van der Waals surface area contributed by atoms with Crippen LogP contribution in [0.5, 0.6) is 0 Å². The molecule has 0 atom stereocenters. The number of alkyl halides is 3. The van der Waals surface area contributed by atoms with Gasteiger partial charge in [0.1, 0.15) is 5.82 Å². The van der Waals surface area contributed by atoms with Gasteiger partial charge in [-0.25, -0.2) is 15.0 Å². The predicted molar refractivity (Wildman–Crippen MR) is 130 cm³/mol. The molecule has 186 valence electrons. The topological polar surface area (TPSA) is 102 Å². The maximum Gasteiger partial charge on any atom is 0.416 e. The molecule has 0 radical (unpaired) electrons. The van der Waals surface area contributed by atoms with Crippen LogP contribution in [0, 0.1) is 25.7 Å². The van der Waals surface area contributed by atoms with Gasteiger partial charge in [0.25, 0.3) is 5.91 Å². The minimum atomic E-state index is -4.61. The van der Waals surface area contributed by atoms with E-state index in [9.17, 15) is 22.8 Å². The number of nitrogens with zero attached hydrogens (tertiary/aromatic N) is 4. The molecule has 2 aromatic carbocycles. The summed E-state index contributed by atoms with van der Waals surface area (Å²) in [5.41, 5.74) is 1.33. The molecule has 0 unspecified atom stereocenters. The highest BCUT2D eigenvalue weighted by atomic mass is 19.4. The Kier molecular flexibility index (Phi) is 7.01. The molecule has 0 bridgehead atoms. The summed E-state index contributed by atoms with van der Waals surface area (Å²) in [6, 6.07) is 8.13. The normalized spacial score (nSPS) is 10.8. The Morgan fingerprint density at radius 2 is 1.78 bits per heavy atom. The molecule has 4 aromatic rings. The molecule has 0 saturated carbocycles. The first-order valence-electron chi connectivity index (χ1n) is 10.8. The van der Waals surface area contributed by atoms with Crippen LogP contribution >= 0.6 is 0 Å². The average Bonchev–Trinajstić information content (AvgIpc) is 3.29. The van der Waals surface area contributed by atoms with E-state index in [1.807, 2.05) is 6.92 Å². The average molecular weight is 504 g/mol. The van der Waals surface area contributed by atoms with Crippen molar-refractivity contribution in [1.82, 2.24) is 19.5 Å². The molecule has 2 heterocycles. The van der Waals surface area contributed by atoms with E-state index < -0.39 is 17.6 Å². The van der Waals surface area contributed by atoms with Crippen molar-refractivity contribution in [2.24, 2.45) is 0 Å². The minimum absolute atomic E-state index is 0.0164. The number of hydrogen-bond acceptors (Lipinski definition) is 5. The zero-order chi connectivity index (χ0) is 26.6. The number of rotatable bonds is 5. The van der Waals surface area contributed by atoms with Gasteiger partial charge < -0.3 is 9.88 Å². The molecule has 37 heavy (non-hydrogen) atoms. The van der Waals surface area contributed by atoms with Gasteiger partial charge in [0.2, 0.25) is 12.4 Å². The van der Waals surface area contributed by atoms with E-state index in [-0.39, 0.29) is 22.9 Å². The molecular weight excluding hydrogens is 485 g/mol. The highest BCUT2D eigenvalue weighted by molar-refractivity contribution is 6.04. The number of aromatic nitrogens is 4. The van der Waals surface area contributed by atoms with Crippen molar-refractivity contribution in [3.8, 4) is 17.5 Å². The van der Waals surface area contributed by atoms with Gasteiger partial charge in [0.05, 0.1) is 11.1 Å². The molecule has 11 heteroatoms. The maximum atomic E-state index is 13.6. The number of hydrogen-bond donors (Lipinski definition) is 2. The zero-order valence-corrected chi connectivity index (χ0v) is 19.6. The van der Waals surface area contributed by atoms with Gasteiger partial charge in [0, 0.05) is 47.3 Å². The Labute approximate surface area is 209 Å². The van der Waals surface area contributed by atoms with Crippen molar-refractivity contribution in [3.05, 3.63) is 94.8 Å². The molecule has 8 nitrogen and oxygen atoms in total. The molecular formula is C26H19F3N6O2. The minimum Gasteiger partial charge on any atom is -0.322 e. The summed E-state index contributed by atoms with van der Waals surface area (Å²) >= 11 is 0. The van der Waals surface area contributed by atoms with E-state index in [1.165, 1.54) is 29.2 Å². The fraction of sp³-hybridized carbons (Fsp3) is 0.115. The largest absolute Gasteiger partial charge is 0.416 e. The number of imidazole rings is 1. The fourth-order valence-corrected chi connectivity index (χ4v) is 3.40. The van der Waals surface area contributed by atoms with Gasteiger partial charge in [-0.05, 0) is 49.7 Å². The quantitative estimate of drug-likeness (QED) is 0.308. The van der Waals surface area contributed by atoms with Crippen molar-refractivity contribution >= 4 is 24.0 Å². The van der Waals surface area contributed by atoms with Crippen LogP contribution in [-0.2, 0) is 11.0 Å². The molecule has 0 aliphatic rings. The Morgan fingerprint density at radius 1 is 1.03 bits per heavy atom. The number of amides is 2. The third kappa shape index (κ3) is 5.99. The van der Waals surface area contributed by atoms with Gasteiger partial charge in [0.15, 0.2) is 0 Å². The second-order valence-electron chi connectivity index (χ2n) is 7.90. The van der Waals surface area contributed by atoms with E-state index in [2.05, 4.69) is 37.4 Å². The standard InChI is InChI=1S/C26H19F3N6O2/c1-16-3-5-20(9-19(16)6-4-18-13-31-25(32-14-18)33-15-36)24(37)34-22-10-21(26(27,28)29)11-23(12-22)35-8-7-30-17(35)2/h3,5,7-15H,1-2H3,(H,34,37)(H,31,32,33,36). The number of carbonyl (C=O) groups excluding carboxylic acids is 2. The maximum absolute atomic E-state index is 13.6. The molecule has 4 rings (SSSR count). The van der Waals surface area contributed by atoms with Crippen molar-refractivity contribution in [2.45, 2.75) is 20.0 Å². The SMILES string of the molecule is Cc1ccc(C(=O)Nc2cc(-n3ccnc3C)cc(C(F)(F)F)c2)cc1C#Cc1cnc(NC=O)nc1. The zero-order valence-electron chi connectivity index (χ0n) is 19.6. The van der Waals surface area contributed by atoms with Crippen molar-refractivity contribution in [1.29, 1.82) is 0 Å². The third-order valence-electron chi connectivity index (χ3n) is 5.29. The lowest BCUT2D eigenvalue weighted by atomic mass is 10.0. The number of carbonyl (C=O) groups is 2. The molecule has 2 N–H and O–H groups in total. The van der Waals surface area contributed by atoms with Gasteiger partial charge >= 0.3 is 6.18 Å². The molecule has 2 aromatic heterocycles. The van der Waals surface area contributed by atoms with Crippen LogP contribution in [0.15, 0.2) is 61.2 Å². The second-order valence-corrected chi connectivity index (χ2v) is 7.90. The summed E-state index contributed by atoms with van der Waals surface area (Å²) in [5, 5.41) is 4.88. The lowest BCUT2D eigenvalue weighted by molar-refractivity contribution is -0.137. The third-order valence-corrected chi connectivity index (χ3v) is 5.29. The molecule has 0 spiro atoms. The number of aryl methyl sites for hydroxylation is 2. The second kappa shape index (κ2) is 10.3. The van der Waals surface area contributed by atoms with Crippen molar-refractivity contribution < 1.29 is 22.8 Å². The Balaban J connectivity index is 1.61. The van der Waals surface area contributed by atoms with Gasteiger partial charge in [-0.2, -0.15) is 13.2 Å². The Morgan fingerprint density at radius 3 is 2.43 bits per heavy atom. The highest BCUT2D eigenvalue weighted by Crippen LogP contribution is 2.33. The van der Waals surface area contributed by atoms with Crippen LogP contribution in [0.25, 0.3) is 5.69 Å². The van der Waals surface area contributed by atoms with Gasteiger partial charge in [-0.15, -0.1) is 0 Å².